The predicted molar refractivity (Wildman–Crippen MR) is 113 cm³/mol. The Morgan fingerprint density at radius 3 is 2.70 bits per heavy atom. The fourth-order valence-corrected chi connectivity index (χ4v) is 5.52. The first kappa shape index (κ1) is 20.1. The second-order valence-corrected chi connectivity index (χ2v) is 9.56. The van der Waals surface area contributed by atoms with Gasteiger partial charge in [-0.25, -0.2) is 18.1 Å². The molecule has 0 radical (unpaired) electrons. The Bertz CT molecular complexity index is 1290. The zero-order valence-electron chi connectivity index (χ0n) is 16.0. The van der Waals surface area contributed by atoms with Crippen LogP contribution in [0.3, 0.4) is 0 Å². The topological polar surface area (TPSA) is 113 Å². The van der Waals surface area contributed by atoms with Crippen molar-refractivity contribution in [1.29, 1.82) is 5.26 Å². The fourth-order valence-electron chi connectivity index (χ4n) is 3.34. The Hall–Kier alpha value is -3.22. The van der Waals surface area contributed by atoms with Gasteiger partial charge >= 0.3 is 0 Å². The number of rotatable bonds is 5. The molecule has 4 rings (SSSR count). The summed E-state index contributed by atoms with van der Waals surface area (Å²) in [5, 5.41) is 10.1. The standard InChI is InChI=1S/C21H17N3O4S2/c1-13(25)24-30(26,27)16-8-5-14(6-9-16)19-10-7-15(28-19)12-23-21-18(11-22)17-3-2-4-20(17)29-21/h5-10,12H,2-4H2,1H3,(H,24,25). The first-order valence-corrected chi connectivity index (χ1v) is 11.5. The van der Waals surface area contributed by atoms with Crippen LogP contribution in [-0.2, 0) is 27.7 Å². The van der Waals surface area contributed by atoms with Gasteiger partial charge in [0.2, 0.25) is 5.91 Å². The number of hydrogen-bond donors (Lipinski definition) is 1. The highest BCUT2D eigenvalue weighted by atomic mass is 32.2. The van der Waals surface area contributed by atoms with Gasteiger partial charge in [0, 0.05) is 17.4 Å². The minimum Gasteiger partial charge on any atom is -0.455 e. The molecule has 0 unspecified atom stereocenters. The van der Waals surface area contributed by atoms with Crippen molar-refractivity contribution in [1.82, 2.24) is 4.72 Å². The molecule has 0 fully saturated rings. The van der Waals surface area contributed by atoms with E-state index in [1.807, 2.05) is 4.72 Å². The van der Waals surface area contributed by atoms with E-state index >= 15 is 0 Å². The Kier molecular flexibility index (Phi) is 5.28. The molecule has 1 aliphatic carbocycles. The minimum absolute atomic E-state index is 0.00966. The van der Waals surface area contributed by atoms with E-state index in [0.29, 0.717) is 27.6 Å². The molecule has 2 heterocycles. The third kappa shape index (κ3) is 3.92. The molecule has 7 nitrogen and oxygen atoms in total. The van der Waals surface area contributed by atoms with Crippen molar-refractivity contribution in [2.24, 2.45) is 4.99 Å². The van der Waals surface area contributed by atoms with Crippen LogP contribution in [0.25, 0.3) is 11.3 Å². The maximum atomic E-state index is 12.0. The number of fused-ring (bicyclic) bond motifs is 1. The monoisotopic (exact) mass is 439 g/mol. The SMILES string of the molecule is CC(=O)NS(=O)(=O)c1ccc(-c2ccc(C=Nc3sc4c(c3C#N)CCC4)o2)cc1. The lowest BCUT2D eigenvalue weighted by molar-refractivity contribution is -0.117. The van der Waals surface area contributed by atoms with Crippen molar-refractivity contribution in [3.8, 4) is 17.4 Å². The van der Waals surface area contributed by atoms with Gasteiger partial charge in [-0.15, -0.1) is 11.3 Å². The summed E-state index contributed by atoms with van der Waals surface area (Å²) in [5.41, 5.74) is 2.47. The van der Waals surface area contributed by atoms with Crippen LogP contribution in [0, 0.1) is 11.3 Å². The molecule has 1 aromatic carbocycles. The number of benzene rings is 1. The van der Waals surface area contributed by atoms with Gasteiger partial charge in [-0.1, -0.05) is 0 Å². The summed E-state index contributed by atoms with van der Waals surface area (Å²) in [6, 6.07) is 11.8. The number of hydrogen-bond acceptors (Lipinski definition) is 7. The van der Waals surface area contributed by atoms with Crippen molar-refractivity contribution in [3.05, 3.63) is 58.2 Å². The number of thiophene rings is 1. The average molecular weight is 440 g/mol. The smallest absolute Gasteiger partial charge is 0.264 e. The molecule has 30 heavy (non-hydrogen) atoms. The molecular weight excluding hydrogens is 422 g/mol. The molecule has 0 spiro atoms. The Balaban J connectivity index is 1.53. The molecule has 2 aromatic heterocycles. The lowest BCUT2D eigenvalue weighted by Gasteiger charge is -2.05. The van der Waals surface area contributed by atoms with Crippen molar-refractivity contribution in [2.75, 3.05) is 0 Å². The first-order valence-electron chi connectivity index (χ1n) is 9.20. The first-order chi connectivity index (χ1) is 14.4. The number of carbonyl (C=O) groups is 1. The lowest BCUT2D eigenvalue weighted by atomic mass is 10.1. The largest absolute Gasteiger partial charge is 0.455 e. The van der Waals surface area contributed by atoms with Crippen LogP contribution in [0.1, 0.15) is 35.1 Å². The van der Waals surface area contributed by atoms with Gasteiger partial charge in [0.25, 0.3) is 10.0 Å². The lowest BCUT2D eigenvalue weighted by Crippen LogP contribution is -2.28. The molecule has 0 saturated heterocycles. The van der Waals surface area contributed by atoms with E-state index < -0.39 is 15.9 Å². The molecule has 3 aromatic rings. The molecule has 0 saturated carbocycles. The number of nitrogens with zero attached hydrogens (tertiary/aromatic N) is 2. The second-order valence-electron chi connectivity index (χ2n) is 6.80. The van der Waals surface area contributed by atoms with Crippen LogP contribution in [0.15, 0.2) is 50.7 Å². The molecular formula is C21H17N3O4S2. The van der Waals surface area contributed by atoms with Crippen molar-refractivity contribution in [2.45, 2.75) is 31.1 Å². The number of nitrogens with one attached hydrogen (secondary N) is 1. The third-order valence-corrected chi connectivity index (χ3v) is 7.33. The average Bonchev–Trinajstić information content (AvgIpc) is 3.41. The molecule has 9 heteroatoms. The normalized spacial score (nSPS) is 13.3. The predicted octanol–water partition coefficient (Wildman–Crippen LogP) is 3.94. The molecule has 0 aliphatic heterocycles. The van der Waals surface area contributed by atoms with E-state index in [4.69, 9.17) is 4.42 Å². The van der Waals surface area contributed by atoms with Gasteiger partial charge in [-0.3, -0.25) is 4.79 Å². The van der Waals surface area contributed by atoms with Gasteiger partial charge in [-0.2, -0.15) is 5.26 Å². The summed E-state index contributed by atoms with van der Waals surface area (Å²) in [5.74, 6) is 0.427. The Morgan fingerprint density at radius 2 is 2.00 bits per heavy atom. The zero-order chi connectivity index (χ0) is 21.3. The maximum Gasteiger partial charge on any atom is 0.264 e. The summed E-state index contributed by atoms with van der Waals surface area (Å²) in [6.45, 7) is 1.14. The molecule has 152 valence electrons. The third-order valence-electron chi connectivity index (χ3n) is 4.68. The number of amides is 1. The summed E-state index contributed by atoms with van der Waals surface area (Å²) in [6.07, 6.45) is 4.61. The summed E-state index contributed by atoms with van der Waals surface area (Å²) in [7, 11) is -3.87. The van der Waals surface area contributed by atoms with Gasteiger partial charge in [0.1, 0.15) is 22.6 Å². The van der Waals surface area contributed by atoms with Gasteiger partial charge in [0.15, 0.2) is 0 Å². The number of furan rings is 1. The van der Waals surface area contributed by atoms with E-state index in [0.717, 1.165) is 31.7 Å². The van der Waals surface area contributed by atoms with E-state index in [-0.39, 0.29) is 4.90 Å². The molecule has 0 bridgehead atoms. The molecule has 1 N–H and O–H groups in total. The van der Waals surface area contributed by atoms with Gasteiger partial charge < -0.3 is 4.42 Å². The van der Waals surface area contributed by atoms with E-state index in [2.05, 4.69) is 11.1 Å². The highest BCUT2D eigenvalue weighted by Gasteiger charge is 2.21. The zero-order valence-corrected chi connectivity index (χ0v) is 17.6. The minimum atomic E-state index is -3.87. The van der Waals surface area contributed by atoms with Crippen molar-refractivity contribution in [3.63, 3.8) is 0 Å². The maximum absolute atomic E-state index is 12.0. The van der Waals surface area contributed by atoms with Crippen molar-refractivity contribution < 1.29 is 17.6 Å². The van der Waals surface area contributed by atoms with E-state index in [9.17, 15) is 18.5 Å². The number of aryl methyl sites for hydroxylation is 1. The van der Waals surface area contributed by atoms with Crippen LogP contribution in [0.5, 0.6) is 0 Å². The van der Waals surface area contributed by atoms with Gasteiger partial charge in [-0.05, 0) is 61.2 Å². The highest BCUT2D eigenvalue weighted by Crippen LogP contribution is 2.40. The van der Waals surface area contributed by atoms with Crippen molar-refractivity contribution >= 4 is 38.5 Å². The van der Waals surface area contributed by atoms with E-state index in [1.54, 1.807) is 41.8 Å². The Morgan fingerprint density at radius 1 is 1.23 bits per heavy atom. The van der Waals surface area contributed by atoms with Crippen LogP contribution in [-0.4, -0.2) is 20.5 Å². The number of nitriles is 1. The summed E-state index contributed by atoms with van der Waals surface area (Å²) < 4.78 is 31.8. The highest BCUT2D eigenvalue weighted by molar-refractivity contribution is 7.90. The number of aliphatic imine (C=N–C) groups is 1. The molecule has 1 amide bonds. The Labute approximate surface area is 177 Å². The summed E-state index contributed by atoms with van der Waals surface area (Å²) in [4.78, 5) is 16.7. The number of sulfonamides is 1. The molecule has 0 atom stereocenters. The second kappa shape index (κ2) is 7.89. The summed E-state index contributed by atoms with van der Waals surface area (Å²) >= 11 is 1.55. The van der Waals surface area contributed by atoms with Gasteiger partial charge in [0.05, 0.1) is 16.7 Å². The van der Waals surface area contributed by atoms with Crippen LogP contribution in [0.4, 0.5) is 5.00 Å². The van der Waals surface area contributed by atoms with E-state index in [1.165, 1.54) is 17.0 Å². The van der Waals surface area contributed by atoms with Crippen LogP contribution < -0.4 is 4.72 Å². The molecule has 1 aliphatic rings. The number of carbonyl (C=O) groups excluding carboxylic acids is 1. The van der Waals surface area contributed by atoms with Crippen LogP contribution in [0.2, 0.25) is 0 Å². The fraction of sp³-hybridized carbons (Fsp3) is 0.190. The van der Waals surface area contributed by atoms with Crippen LogP contribution >= 0.6 is 11.3 Å². The quantitative estimate of drug-likeness (QED) is 0.605.